The molecule has 0 heterocycles. The van der Waals surface area contributed by atoms with Crippen LogP contribution >= 0.6 is 0 Å². The molecule has 0 unspecified atom stereocenters. The molecule has 0 radical (unpaired) electrons. The van der Waals surface area contributed by atoms with Crippen LogP contribution in [0.1, 0.15) is 16.7 Å². The first-order chi connectivity index (χ1) is 13.8. The van der Waals surface area contributed by atoms with E-state index in [0.29, 0.717) is 31.1 Å². The van der Waals surface area contributed by atoms with Gasteiger partial charge in [-0.2, -0.15) is 5.26 Å². The van der Waals surface area contributed by atoms with Gasteiger partial charge < -0.3 is 14.2 Å². The lowest BCUT2D eigenvalue weighted by molar-refractivity contribution is 0.295. The first-order valence-electron chi connectivity index (χ1n) is 9.21. The molecule has 0 aliphatic rings. The van der Waals surface area contributed by atoms with E-state index in [0.717, 1.165) is 28.9 Å². The van der Waals surface area contributed by atoms with Crippen molar-refractivity contribution in [1.82, 2.24) is 0 Å². The number of nitrogens with zero attached hydrogens (tertiary/aromatic N) is 1. The maximum atomic E-state index is 8.81. The summed E-state index contributed by atoms with van der Waals surface area (Å²) in [5, 5.41) is 8.81. The van der Waals surface area contributed by atoms with Crippen molar-refractivity contribution in [1.29, 1.82) is 5.26 Å². The Morgan fingerprint density at radius 1 is 0.786 bits per heavy atom. The lowest BCUT2D eigenvalue weighted by Crippen LogP contribution is -2.03. The van der Waals surface area contributed by atoms with Crippen molar-refractivity contribution in [3.63, 3.8) is 0 Å². The van der Waals surface area contributed by atoms with Gasteiger partial charge in [-0.15, -0.1) is 0 Å². The molecule has 142 valence electrons. The normalized spacial score (nSPS) is 10.1. The van der Waals surface area contributed by atoms with Crippen LogP contribution in [0.3, 0.4) is 0 Å². The molecule has 0 aliphatic heterocycles. The molecule has 3 aromatic rings. The fraction of sp³-hybridized carbons (Fsp3) is 0.208. The molecule has 4 nitrogen and oxygen atoms in total. The molecule has 0 saturated heterocycles. The molecule has 4 heteroatoms. The van der Waals surface area contributed by atoms with Gasteiger partial charge in [0.2, 0.25) is 0 Å². The standard InChI is InChI=1S/C24H23NO3/c1-26-24-17-20(12-14-25)10-11-23(24)27-15-13-19-8-5-9-22(16-19)28-18-21-6-3-2-4-7-21/h2-11,16-17H,12-13,15,18H2,1H3. The van der Waals surface area contributed by atoms with Crippen LogP contribution in [-0.4, -0.2) is 13.7 Å². The zero-order valence-electron chi connectivity index (χ0n) is 15.9. The summed E-state index contributed by atoms with van der Waals surface area (Å²) in [6.07, 6.45) is 1.11. The maximum absolute atomic E-state index is 8.81. The first kappa shape index (κ1) is 19.3. The first-order valence-corrected chi connectivity index (χ1v) is 9.21. The molecule has 0 fully saturated rings. The van der Waals surface area contributed by atoms with Crippen LogP contribution in [0.5, 0.6) is 17.2 Å². The molecule has 28 heavy (non-hydrogen) atoms. The van der Waals surface area contributed by atoms with E-state index in [1.807, 2.05) is 66.7 Å². The molecule has 0 aliphatic carbocycles. The topological polar surface area (TPSA) is 51.5 Å². The highest BCUT2D eigenvalue weighted by molar-refractivity contribution is 5.43. The van der Waals surface area contributed by atoms with Crippen LogP contribution in [-0.2, 0) is 19.4 Å². The van der Waals surface area contributed by atoms with Gasteiger partial charge in [-0.3, -0.25) is 0 Å². The average Bonchev–Trinajstić information content (AvgIpc) is 2.74. The van der Waals surface area contributed by atoms with Crippen molar-refractivity contribution in [3.8, 4) is 23.3 Å². The lowest BCUT2D eigenvalue weighted by Gasteiger charge is -2.12. The van der Waals surface area contributed by atoms with Crippen LogP contribution in [0.15, 0.2) is 72.8 Å². The highest BCUT2D eigenvalue weighted by Gasteiger charge is 2.06. The maximum Gasteiger partial charge on any atom is 0.161 e. The minimum Gasteiger partial charge on any atom is -0.493 e. The van der Waals surface area contributed by atoms with E-state index >= 15 is 0 Å². The average molecular weight is 373 g/mol. The van der Waals surface area contributed by atoms with Crippen molar-refractivity contribution >= 4 is 0 Å². The van der Waals surface area contributed by atoms with Crippen molar-refractivity contribution < 1.29 is 14.2 Å². The summed E-state index contributed by atoms with van der Waals surface area (Å²) in [6.45, 7) is 1.07. The van der Waals surface area contributed by atoms with Crippen molar-refractivity contribution in [2.75, 3.05) is 13.7 Å². The van der Waals surface area contributed by atoms with Gasteiger partial charge in [-0.25, -0.2) is 0 Å². The Hall–Kier alpha value is -3.45. The van der Waals surface area contributed by atoms with Gasteiger partial charge in [-0.05, 0) is 41.0 Å². The summed E-state index contributed by atoms with van der Waals surface area (Å²) in [7, 11) is 1.60. The van der Waals surface area contributed by atoms with Gasteiger partial charge in [0.05, 0.1) is 26.2 Å². The largest absolute Gasteiger partial charge is 0.493 e. The minimum absolute atomic E-state index is 0.354. The van der Waals surface area contributed by atoms with Crippen LogP contribution in [0.25, 0.3) is 0 Å². The minimum atomic E-state index is 0.354. The molecule has 0 atom stereocenters. The molecule has 0 aromatic heterocycles. The number of benzene rings is 3. The van der Waals surface area contributed by atoms with Crippen molar-refractivity contribution in [3.05, 3.63) is 89.5 Å². The van der Waals surface area contributed by atoms with Crippen LogP contribution in [0.4, 0.5) is 0 Å². The number of hydrogen-bond acceptors (Lipinski definition) is 4. The molecular formula is C24H23NO3. The molecule has 0 spiro atoms. The van der Waals surface area contributed by atoms with E-state index in [2.05, 4.69) is 12.1 Å². The third kappa shape index (κ3) is 5.52. The number of nitriles is 1. The van der Waals surface area contributed by atoms with Crippen LogP contribution < -0.4 is 14.2 Å². The predicted octanol–water partition coefficient (Wildman–Crippen LogP) is 4.96. The summed E-state index contributed by atoms with van der Waals surface area (Å²) in [5.74, 6) is 2.17. The van der Waals surface area contributed by atoms with Gasteiger partial charge in [0.15, 0.2) is 11.5 Å². The molecule has 3 rings (SSSR count). The highest BCUT2D eigenvalue weighted by atomic mass is 16.5. The summed E-state index contributed by atoms with van der Waals surface area (Å²) in [6, 6.07) is 25.9. The Morgan fingerprint density at radius 2 is 1.61 bits per heavy atom. The van der Waals surface area contributed by atoms with Gasteiger partial charge >= 0.3 is 0 Å². The van der Waals surface area contributed by atoms with Crippen LogP contribution in [0.2, 0.25) is 0 Å². The Morgan fingerprint density at radius 3 is 2.39 bits per heavy atom. The SMILES string of the molecule is COc1cc(CC#N)ccc1OCCc1cccc(OCc2ccccc2)c1. The van der Waals surface area contributed by atoms with E-state index < -0.39 is 0 Å². The number of methoxy groups -OCH3 is 1. The quantitative estimate of drug-likeness (QED) is 0.532. The molecule has 0 saturated carbocycles. The zero-order valence-corrected chi connectivity index (χ0v) is 15.9. The van der Waals surface area contributed by atoms with E-state index in [4.69, 9.17) is 19.5 Å². The number of rotatable bonds is 9. The highest BCUT2D eigenvalue weighted by Crippen LogP contribution is 2.28. The second kappa shape index (κ2) is 10.0. The third-order valence-corrected chi connectivity index (χ3v) is 4.31. The van der Waals surface area contributed by atoms with E-state index in [9.17, 15) is 0 Å². The van der Waals surface area contributed by atoms with E-state index in [1.54, 1.807) is 7.11 Å². The zero-order chi connectivity index (χ0) is 19.6. The van der Waals surface area contributed by atoms with E-state index in [1.165, 1.54) is 0 Å². The van der Waals surface area contributed by atoms with Gasteiger partial charge in [0.25, 0.3) is 0 Å². The smallest absolute Gasteiger partial charge is 0.161 e. The molecule has 0 bridgehead atoms. The monoisotopic (exact) mass is 373 g/mol. The Kier molecular flexibility index (Phi) is 6.92. The molecule has 3 aromatic carbocycles. The Balaban J connectivity index is 1.54. The Bertz CT molecular complexity index is 932. The number of ether oxygens (including phenoxy) is 3. The molecule has 0 N–H and O–H groups in total. The third-order valence-electron chi connectivity index (χ3n) is 4.31. The lowest BCUT2D eigenvalue weighted by atomic mass is 10.1. The second-order valence-corrected chi connectivity index (χ2v) is 6.34. The fourth-order valence-corrected chi connectivity index (χ4v) is 2.84. The molecular weight excluding hydrogens is 350 g/mol. The summed E-state index contributed by atoms with van der Waals surface area (Å²) >= 11 is 0. The predicted molar refractivity (Wildman–Crippen MR) is 109 cm³/mol. The van der Waals surface area contributed by atoms with Crippen molar-refractivity contribution in [2.45, 2.75) is 19.4 Å². The molecule has 0 amide bonds. The number of hydrogen-bond donors (Lipinski definition) is 0. The second-order valence-electron chi connectivity index (χ2n) is 6.34. The summed E-state index contributed by atoms with van der Waals surface area (Å²) in [4.78, 5) is 0. The van der Waals surface area contributed by atoms with Gasteiger partial charge in [0, 0.05) is 6.42 Å². The Labute approximate surface area is 165 Å². The summed E-state index contributed by atoms with van der Waals surface area (Å²) in [5.41, 5.74) is 3.20. The van der Waals surface area contributed by atoms with Crippen molar-refractivity contribution in [2.24, 2.45) is 0 Å². The van der Waals surface area contributed by atoms with E-state index in [-0.39, 0.29) is 0 Å². The van der Waals surface area contributed by atoms with Gasteiger partial charge in [0.1, 0.15) is 12.4 Å². The van der Waals surface area contributed by atoms with Crippen LogP contribution in [0, 0.1) is 11.3 Å². The fourth-order valence-electron chi connectivity index (χ4n) is 2.84. The van der Waals surface area contributed by atoms with Gasteiger partial charge in [-0.1, -0.05) is 48.5 Å². The summed E-state index contributed by atoms with van der Waals surface area (Å²) < 4.78 is 17.1.